The predicted octanol–water partition coefficient (Wildman–Crippen LogP) is 4.36. The molecule has 1 saturated heterocycles. The van der Waals surface area contributed by atoms with E-state index in [1.807, 2.05) is 24.3 Å². The third kappa shape index (κ3) is 3.75. The molecular weight excluding hydrogens is 427 g/mol. The van der Waals surface area contributed by atoms with Gasteiger partial charge >= 0.3 is 0 Å². The molecule has 1 N–H and O–H groups in total. The van der Waals surface area contributed by atoms with Crippen molar-refractivity contribution in [2.45, 2.75) is 12.5 Å². The van der Waals surface area contributed by atoms with Gasteiger partial charge in [-0.1, -0.05) is 28.1 Å². The number of nitrogens with one attached hydrogen (secondary N) is 1. The van der Waals surface area contributed by atoms with Crippen molar-refractivity contribution in [3.05, 3.63) is 62.8 Å². The van der Waals surface area contributed by atoms with Crippen LogP contribution in [0, 0.1) is 5.82 Å². The van der Waals surface area contributed by atoms with Crippen LogP contribution in [-0.2, 0) is 0 Å². The minimum absolute atomic E-state index is 0.00740. The van der Waals surface area contributed by atoms with Gasteiger partial charge in [0.15, 0.2) is 0 Å². The molecule has 0 radical (unpaired) electrons. The van der Waals surface area contributed by atoms with Crippen molar-refractivity contribution in [3.63, 3.8) is 0 Å². The van der Waals surface area contributed by atoms with Crippen LogP contribution in [0.15, 0.2) is 51.4 Å². The molecule has 23 heavy (non-hydrogen) atoms. The van der Waals surface area contributed by atoms with Gasteiger partial charge in [0.1, 0.15) is 5.82 Å². The smallest absolute Gasteiger partial charge is 0.254 e. The standard InChI is InChI=1S/C17H15Br2FN2O/c18-11-5-6-15(20)13(9-11)17(23)21-12-7-8-22(10-12)16-4-2-1-3-14(16)19/h1-6,9,12H,7-8,10H2,(H,21,23). The first-order chi connectivity index (χ1) is 11.0. The monoisotopic (exact) mass is 440 g/mol. The van der Waals surface area contributed by atoms with Crippen LogP contribution in [0.4, 0.5) is 10.1 Å². The van der Waals surface area contributed by atoms with E-state index in [0.717, 1.165) is 23.1 Å². The van der Waals surface area contributed by atoms with Gasteiger partial charge in [0.05, 0.1) is 11.3 Å². The van der Waals surface area contributed by atoms with Crippen LogP contribution >= 0.6 is 31.9 Å². The number of para-hydroxylation sites is 1. The Labute approximate surface area is 151 Å². The number of anilines is 1. The summed E-state index contributed by atoms with van der Waals surface area (Å²) in [6.45, 7) is 1.57. The first-order valence-corrected chi connectivity index (χ1v) is 8.88. The topological polar surface area (TPSA) is 32.3 Å². The van der Waals surface area contributed by atoms with Gasteiger partial charge in [0, 0.05) is 28.1 Å². The fraction of sp³-hybridized carbons (Fsp3) is 0.235. The number of nitrogens with zero attached hydrogens (tertiary/aromatic N) is 1. The van der Waals surface area contributed by atoms with E-state index in [4.69, 9.17) is 0 Å². The molecule has 1 aliphatic rings. The molecule has 6 heteroatoms. The number of amides is 1. The normalized spacial score (nSPS) is 17.3. The maximum Gasteiger partial charge on any atom is 0.254 e. The molecule has 1 fully saturated rings. The van der Waals surface area contributed by atoms with Gasteiger partial charge < -0.3 is 10.2 Å². The average molecular weight is 442 g/mol. The Kier molecular flexibility index (Phi) is 5.02. The highest BCUT2D eigenvalue weighted by molar-refractivity contribution is 9.10. The van der Waals surface area contributed by atoms with Gasteiger partial charge in [0.2, 0.25) is 0 Å². The van der Waals surface area contributed by atoms with Crippen molar-refractivity contribution < 1.29 is 9.18 Å². The summed E-state index contributed by atoms with van der Waals surface area (Å²) in [6, 6.07) is 12.4. The molecule has 1 unspecified atom stereocenters. The third-order valence-electron chi connectivity index (χ3n) is 3.89. The van der Waals surface area contributed by atoms with E-state index in [9.17, 15) is 9.18 Å². The van der Waals surface area contributed by atoms with E-state index in [2.05, 4.69) is 42.1 Å². The Balaban J connectivity index is 1.67. The number of benzene rings is 2. The van der Waals surface area contributed by atoms with Gasteiger partial charge in [-0.15, -0.1) is 0 Å². The zero-order valence-electron chi connectivity index (χ0n) is 12.2. The van der Waals surface area contributed by atoms with E-state index in [1.165, 1.54) is 12.1 Å². The molecule has 0 spiro atoms. The maximum atomic E-state index is 13.8. The number of rotatable bonds is 3. The number of halogens is 3. The minimum atomic E-state index is -0.508. The molecule has 1 heterocycles. The summed E-state index contributed by atoms with van der Waals surface area (Å²) in [7, 11) is 0. The van der Waals surface area contributed by atoms with Crippen molar-refractivity contribution in [1.82, 2.24) is 5.32 Å². The fourth-order valence-electron chi connectivity index (χ4n) is 2.74. The van der Waals surface area contributed by atoms with Crippen molar-refractivity contribution in [2.75, 3.05) is 18.0 Å². The van der Waals surface area contributed by atoms with Gasteiger partial charge in [-0.2, -0.15) is 0 Å². The van der Waals surface area contributed by atoms with Crippen LogP contribution in [0.2, 0.25) is 0 Å². The molecule has 0 aliphatic carbocycles. The summed E-state index contributed by atoms with van der Waals surface area (Å²) in [5, 5.41) is 2.93. The quantitative estimate of drug-likeness (QED) is 0.767. The molecule has 1 aliphatic heterocycles. The Morgan fingerprint density at radius 3 is 2.78 bits per heavy atom. The third-order valence-corrected chi connectivity index (χ3v) is 5.05. The molecule has 0 saturated carbocycles. The summed E-state index contributed by atoms with van der Waals surface area (Å²) in [5.41, 5.74) is 1.18. The number of carbonyl (C=O) groups is 1. The molecule has 0 aromatic heterocycles. The van der Waals surface area contributed by atoms with Gasteiger partial charge in [-0.25, -0.2) is 4.39 Å². The minimum Gasteiger partial charge on any atom is -0.368 e. The molecule has 1 atom stereocenters. The van der Waals surface area contributed by atoms with Crippen molar-refractivity contribution in [3.8, 4) is 0 Å². The van der Waals surface area contributed by atoms with Crippen molar-refractivity contribution >= 4 is 43.5 Å². The molecule has 2 aromatic rings. The lowest BCUT2D eigenvalue weighted by Gasteiger charge is -2.20. The first kappa shape index (κ1) is 16.5. The van der Waals surface area contributed by atoms with Crippen LogP contribution in [0.25, 0.3) is 0 Å². The molecule has 3 nitrogen and oxygen atoms in total. The Bertz CT molecular complexity index is 738. The highest BCUT2D eigenvalue weighted by atomic mass is 79.9. The molecule has 120 valence electrons. The zero-order chi connectivity index (χ0) is 16.4. The molecule has 2 aromatic carbocycles. The van der Waals surface area contributed by atoms with Gasteiger partial charge in [-0.3, -0.25) is 4.79 Å². The summed E-state index contributed by atoms with van der Waals surface area (Å²) in [4.78, 5) is 14.5. The molecular formula is C17H15Br2FN2O. The summed E-state index contributed by atoms with van der Waals surface area (Å²) in [5.74, 6) is -0.880. The van der Waals surface area contributed by atoms with Crippen molar-refractivity contribution in [1.29, 1.82) is 0 Å². The summed E-state index contributed by atoms with van der Waals surface area (Å²) >= 11 is 6.81. The summed E-state index contributed by atoms with van der Waals surface area (Å²) in [6.07, 6.45) is 0.836. The van der Waals surface area contributed by atoms with E-state index in [0.29, 0.717) is 11.0 Å². The second-order valence-electron chi connectivity index (χ2n) is 5.48. The van der Waals surface area contributed by atoms with Crippen LogP contribution in [0.5, 0.6) is 0 Å². The lowest BCUT2D eigenvalue weighted by molar-refractivity contribution is 0.0936. The second-order valence-corrected chi connectivity index (χ2v) is 7.25. The SMILES string of the molecule is O=C(NC1CCN(c2ccccc2Br)C1)c1cc(Br)ccc1F. The second kappa shape index (κ2) is 7.01. The predicted molar refractivity (Wildman–Crippen MR) is 96.3 cm³/mol. The van der Waals surface area contributed by atoms with Crippen LogP contribution in [0.3, 0.4) is 0 Å². The Morgan fingerprint density at radius 1 is 1.22 bits per heavy atom. The Hall–Kier alpha value is -1.40. The van der Waals surface area contributed by atoms with E-state index in [1.54, 1.807) is 6.07 Å². The number of carbonyl (C=O) groups excluding carboxylic acids is 1. The lowest BCUT2D eigenvalue weighted by atomic mass is 10.1. The first-order valence-electron chi connectivity index (χ1n) is 7.30. The largest absolute Gasteiger partial charge is 0.368 e. The van der Waals surface area contributed by atoms with Crippen molar-refractivity contribution in [2.24, 2.45) is 0 Å². The Morgan fingerprint density at radius 2 is 2.00 bits per heavy atom. The highest BCUT2D eigenvalue weighted by Crippen LogP contribution is 2.28. The highest BCUT2D eigenvalue weighted by Gasteiger charge is 2.26. The van der Waals surface area contributed by atoms with Crippen LogP contribution in [0.1, 0.15) is 16.8 Å². The number of hydrogen-bond donors (Lipinski definition) is 1. The zero-order valence-corrected chi connectivity index (χ0v) is 15.4. The van der Waals surface area contributed by atoms with Crippen LogP contribution < -0.4 is 10.2 Å². The van der Waals surface area contributed by atoms with E-state index < -0.39 is 5.82 Å². The van der Waals surface area contributed by atoms with Crippen LogP contribution in [-0.4, -0.2) is 25.0 Å². The summed E-state index contributed by atoms with van der Waals surface area (Å²) < 4.78 is 15.5. The van der Waals surface area contributed by atoms with E-state index in [-0.39, 0.29) is 17.5 Å². The lowest BCUT2D eigenvalue weighted by Crippen LogP contribution is -2.37. The number of hydrogen-bond acceptors (Lipinski definition) is 2. The fourth-order valence-corrected chi connectivity index (χ4v) is 3.64. The van der Waals surface area contributed by atoms with Gasteiger partial charge in [-0.05, 0) is 52.7 Å². The molecule has 0 bridgehead atoms. The van der Waals surface area contributed by atoms with E-state index >= 15 is 0 Å². The molecule has 3 rings (SSSR count). The molecule has 1 amide bonds. The maximum absolute atomic E-state index is 13.8. The average Bonchev–Trinajstić information content (AvgIpc) is 2.98. The van der Waals surface area contributed by atoms with Gasteiger partial charge in [0.25, 0.3) is 5.91 Å².